The third-order valence-electron chi connectivity index (χ3n) is 8.19. The fraction of sp³-hybridized carbons (Fsp3) is 0.833. The van der Waals surface area contributed by atoms with E-state index in [9.17, 15) is 24.0 Å². The lowest BCUT2D eigenvalue weighted by Crippen LogP contribution is -2.61. The van der Waals surface area contributed by atoms with Crippen LogP contribution in [0.15, 0.2) is 0 Å². The molecule has 2 fully saturated rings. The van der Waals surface area contributed by atoms with E-state index in [1.54, 1.807) is 42.8 Å². The Balaban J connectivity index is 2.25. The lowest BCUT2D eigenvalue weighted by molar-refractivity contribution is -0.153. The number of hydrogen-bond acceptors (Lipinski definition) is 6. The van der Waals surface area contributed by atoms with Gasteiger partial charge in [-0.25, -0.2) is 0 Å². The van der Waals surface area contributed by atoms with Crippen LogP contribution >= 0.6 is 0 Å². The zero-order chi connectivity index (χ0) is 31.4. The number of likely N-dealkylation sites (tertiary alicyclic amines) is 2. The quantitative estimate of drug-likeness (QED) is 0.405. The molecule has 5 atom stereocenters. The molecule has 11 nitrogen and oxygen atoms in total. The normalized spacial score (nSPS) is 21.7. The monoisotopic (exact) mass is 578 g/mol. The maximum absolute atomic E-state index is 14.1. The van der Waals surface area contributed by atoms with Crippen LogP contribution in [0.1, 0.15) is 81.1 Å². The molecule has 2 rings (SSSR count). The van der Waals surface area contributed by atoms with Gasteiger partial charge in [0.15, 0.2) is 0 Å². The second kappa shape index (κ2) is 14.0. The van der Waals surface area contributed by atoms with Crippen molar-refractivity contribution in [1.82, 2.24) is 30.2 Å². The van der Waals surface area contributed by atoms with Crippen molar-refractivity contribution < 1.29 is 24.0 Å². The van der Waals surface area contributed by atoms with Gasteiger partial charge in [0.05, 0.1) is 6.04 Å². The van der Waals surface area contributed by atoms with E-state index >= 15 is 0 Å². The predicted molar refractivity (Wildman–Crippen MR) is 159 cm³/mol. The molecule has 2 aliphatic heterocycles. The van der Waals surface area contributed by atoms with Gasteiger partial charge >= 0.3 is 0 Å². The third kappa shape index (κ3) is 8.42. The van der Waals surface area contributed by atoms with Crippen molar-refractivity contribution in [1.29, 1.82) is 0 Å². The van der Waals surface area contributed by atoms with Crippen LogP contribution < -0.4 is 10.6 Å². The molecule has 2 aliphatic rings. The molecule has 0 aromatic carbocycles. The van der Waals surface area contributed by atoms with Crippen molar-refractivity contribution in [3.63, 3.8) is 0 Å². The van der Waals surface area contributed by atoms with Crippen LogP contribution in [-0.4, -0.2) is 119 Å². The number of nitrogens with zero attached hydrogens (tertiary/aromatic N) is 4. The Kier molecular flexibility index (Phi) is 11.8. The maximum atomic E-state index is 14.1. The second-order valence-corrected chi connectivity index (χ2v) is 13.6. The Hall–Kier alpha value is -2.69. The molecule has 0 aromatic heterocycles. The third-order valence-corrected chi connectivity index (χ3v) is 8.19. The maximum Gasteiger partial charge on any atom is 0.246 e. The number of hydrogen-bond donors (Lipinski definition) is 2. The Morgan fingerprint density at radius 2 is 1.34 bits per heavy atom. The number of likely N-dealkylation sites (N-methyl/N-ethyl adjacent to an activating group) is 2. The molecule has 5 amide bonds. The first-order chi connectivity index (χ1) is 18.9. The largest absolute Gasteiger partial charge is 0.350 e. The van der Waals surface area contributed by atoms with Gasteiger partial charge < -0.3 is 25.3 Å². The Morgan fingerprint density at radius 3 is 1.83 bits per heavy atom. The van der Waals surface area contributed by atoms with Crippen LogP contribution in [-0.2, 0) is 24.0 Å². The number of carbonyl (C=O) groups is 5. The Morgan fingerprint density at radius 1 is 0.805 bits per heavy atom. The lowest BCUT2D eigenvalue weighted by atomic mass is 9.97. The van der Waals surface area contributed by atoms with E-state index in [2.05, 4.69) is 10.6 Å². The number of nitrogens with one attached hydrogen (secondary N) is 2. The summed E-state index contributed by atoms with van der Waals surface area (Å²) in [6.07, 6.45) is 2.51. The van der Waals surface area contributed by atoms with Crippen molar-refractivity contribution in [2.45, 2.75) is 117 Å². The second-order valence-electron chi connectivity index (χ2n) is 13.6. The van der Waals surface area contributed by atoms with Gasteiger partial charge in [-0.3, -0.25) is 28.9 Å². The molecule has 0 radical (unpaired) electrons. The molecule has 0 unspecified atom stereocenters. The van der Waals surface area contributed by atoms with Gasteiger partial charge in [0.25, 0.3) is 0 Å². The van der Waals surface area contributed by atoms with Crippen molar-refractivity contribution in [2.24, 2.45) is 11.8 Å². The summed E-state index contributed by atoms with van der Waals surface area (Å²) in [6.45, 7) is 15.9. The van der Waals surface area contributed by atoms with E-state index in [1.165, 1.54) is 4.90 Å². The molecule has 0 saturated carbocycles. The first kappa shape index (κ1) is 34.5. The summed E-state index contributed by atoms with van der Waals surface area (Å²) in [5.74, 6) is -1.68. The molecular formula is C30H54N6O5. The standard InChI is InChI=1S/C30H54N6O5/c1-18(2)23(31-25(37)20(5)33(9)10)28(40)34(11)24(19(3)4)29(41)36-17-13-15-22(36)27(39)35-16-12-14-21(35)26(38)32-30(6,7)8/h18-24H,12-17H2,1-11H3,(H,31,37)(H,32,38)/t20-,21-,22-,23-,24-/m0/s1. The van der Waals surface area contributed by atoms with E-state index in [0.29, 0.717) is 32.4 Å². The van der Waals surface area contributed by atoms with Crippen molar-refractivity contribution in [3.8, 4) is 0 Å². The first-order valence-electron chi connectivity index (χ1n) is 15.1. The fourth-order valence-electron chi connectivity index (χ4n) is 5.68. The lowest BCUT2D eigenvalue weighted by Gasteiger charge is -2.38. The Bertz CT molecular complexity index is 975. The Labute approximate surface area is 246 Å². The van der Waals surface area contributed by atoms with Crippen LogP contribution in [0, 0.1) is 11.8 Å². The summed E-state index contributed by atoms with van der Waals surface area (Å²) in [4.78, 5) is 73.8. The highest BCUT2D eigenvalue weighted by Crippen LogP contribution is 2.28. The number of carbonyl (C=O) groups excluding carboxylic acids is 5. The van der Waals surface area contributed by atoms with E-state index in [4.69, 9.17) is 0 Å². The fourth-order valence-corrected chi connectivity index (χ4v) is 5.68. The van der Waals surface area contributed by atoms with Gasteiger partial charge in [-0.05, 0) is 79.3 Å². The molecule has 0 bridgehead atoms. The highest BCUT2D eigenvalue weighted by atomic mass is 16.2. The van der Waals surface area contributed by atoms with Crippen molar-refractivity contribution in [2.75, 3.05) is 34.2 Å². The molecule has 234 valence electrons. The molecule has 2 heterocycles. The minimum atomic E-state index is -0.807. The van der Waals surface area contributed by atoms with Crippen LogP contribution in [0.5, 0.6) is 0 Å². The topological polar surface area (TPSA) is 122 Å². The molecule has 0 aromatic rings. The van der Waals surface area contributed by atoms with Gasteiger partial charge in [0.1, 0.15) is 24.2 Å². The molecule has 11 heteroatoms. The smallest absolute Gasteiger partial charge is 0.246 e. The van der Waals surface area contributed by atoms with E-state index in [1.807, 2.05) is 48.5 Å². The highest BCUT2D eigenvalue weighted by molar-refractivity contribution is 5.96. The average Bonchev–Trinajstić information content (AvgIpc) is 3.54. The molecular weight excluding hydrogens is 524 g/mol. The minimum Gasteiger partial charge on any atom is -0.350 e. The zero-order valence-corrected chi connectivity index (χ0v) is 27.1. The van der Waals surface area contributed by atoms with E-state index in [0.717, 1.165) is 6.42 Å². The zero-order valence-electron chi connectivity index (χ0n) is 27.1. The summed E-state index contributed by atoms with van der Waals surface area (Å²) in [7, 11) is 5.19. The molecule has 0 spiro atoms. The summed E-state index contributed by atoms with van der Waals surface area (Å²) in [5.41, 5.74) is -0.414. The van der Waals surface area contributed by atoms with Gasteiger partial charge in [-0.2, -0.15) is 0 Å². The summed E-state index contributed by atoms with van der Waals surface area (Å²) in [6, 6.07) is -3.25. The van der Waals surface area contributed by atoms with Gasteiger partial charge in [0.2, 0.25) is 29.5 Å². The van der Waals surface area contributed by atoms with E-state index < -0.39 is 35.7 Å². The van der Waals surface area contributed by atoms with Crippen LogP contribution in [0.3, 0.4) is 0 Å². The van der Waals surface area contributed by atoms with Crippen LogP contribution in [0.2, 0.25) is 0 Å². The van der Waals surface area contributed by atoms with Crippen LogP contribution in [0.4, 0.5) is 0 Å². The summed E-state index contributed by atoms with van der Waals surface area (Å²) < 4.78 is 0. The predicted octanol–water partition coefficient (Wildman–Crippen LogP) is 1.46. The summed E-state index contributed by atoms with van der Waals surface area (Å²) >= 11 is 0. The summed E-state index contributed by atoms with van der Waals surface area (Å²) in [5, 5.41) is 5.87. The number of amides is 5. The molecule has 2 saturated heterocycles. The molecule has 0 aliphatic carbocycles. The van der Waals surface area contributed by atoms with Gasteiger partial charge in [-0.15, -0.1) is 0 Å². The first-order valence-corrected chi connectivity index (χ1v) is 15.1. The SMILES string of the molecule is CC(C)[C@H](NC(=O)[C@H](C)N(C)C)C(=O)N(C)[C@H](C(=O)N1CCC[C@H]1C(=O)N1CCC[C@H]1C(=O)NC(C)(C)C)C(C)C. The average molecular weight is 579 g/mol. The highest BCUT2D eigenvalue weighted by Gasteiger charge is 2.45. The van der Waals surface area contributed by atoms with Crippen molar-refractivity contribution in [3.05, 3.63) is 0 Å². The molecule has 41 heavy (non-hydrogen) atoms. The van der Waals surface area contributed by atoms with E-state index in [-0.39, 0.29) is 41.4 Å². The van der Waals surface area contributed by atoms with Gasteiger partial charge in [0, 0.05) is 25.7 Å². The minimum absolute atomic E-state index is 0.171. The number of rotatable bonds is 10. The van der Waals surface area contributed by atoms with Crippen molar-refractivity contribution >= 4 is 29.5 Å². The molecule has 2 N–H and O–H groups in total. The van der Waals surface area contributed by atoms with Gasteiger partial charge in [-0.1, -0.05) is 27.7 Å². The van der Waals surface area contributed by atoms with Crippen LogP contribution in [0.25, 0.3) is 0 Å².